The first-order valence-electron chi connectivity index (χ1n) is 10.0. The van der Waals surface area contributed by atoms with Crippen LogP contribution in [0.15, 0.2) is 0 Å². The van der Waals surface area contributed by atoms with Crippen molar-refractivity contribution in [3.63, 3.8) is 0 Å². The van der Waals surface area contributed by atoms with Crippen LogP contribution >= 0.6 is 0 Å². The first-order valence-corrected chi connectivity index (χ1v) is 10.0. The van der Waals surface area contributed by atoms with Crippen LogP contribution in [-0.2, 0) is 29.1 Å². The fourth-order valence-corrected chi connectivity index (χ4v) is 2.14. The normalized spacial score (nSPS) is 14.8. The van der Waals surface area contributed by atoms with E-state index < -0.39 is 0 Å². The molecule has 0 aromatic carbocycles. The summed E-state index contributed by atoms with van der Waals surface area (Å²) in [6, 6.07) is 0.872. The molecule has 0 radical (unpaired) electrons. The van der Waals surface area contributed by atoms with E-state index >= 15 is 0 Å². The zero-order chi connectivity index (χ0) is 23.6. The van der Waals surface area contributed by atoms with Crippen LogP contribution in [0.2, 0.25) is 0 Å². The molecule has 0 heterocycles. The van der Waals surface area contributed by atoms with E-state index in [1.807, 2.05) is 0 Å². The van der Waals surface area contributed by atoms with Gasteiger partial charge in [0.1, 0.15) is 0 Å². The van der Waals surface area contributed by atoms with Crippen molar-refractivity contribution >= 4 is 13.6 Å². The summed E-state index contributed by atoms with van der Waals surface area (Å²) in [7, 11) is 0. The fourth-order valence-electron chi connectivity index (χ4n) is 2.14. The Morgan fingerprint density at radius 3 is 0.966 bits per heavy atom. The van der Waals surface area contributed by atoms with Crippen molar-refractivity contribution in [2.75, 3.05) is 0 Å². The van der Waals surface area contributed by atoms with E-state index in [2.05, 4.69) is 118 Å². The average Bonchev–Trinajstić information content (AvgIpc) is 2.55. The fraction of sp³-hybridized carbons (Fsp3) is 0.909. The summed E-state index contributed by atoms with van der Waals surface area (Å²) in [5.74, 6) is 0. The van der Waals surface area contributed by atoms with E-state index in [0.717, 1.165) is 12.8 Å². The standard InChI is InChI=1S/2C10H22N2.2CHO.Ru/c2*1-7-8(2)11-9(3)12-10(4,5)6;2*1-2;/h2*8-9H,7H2,1-6H3;2*1H;/q2*-2;2*-1;+6. The second-order valence-electron chi connectivity index (χ2n) is 8.68. The molecular weight excluding hydrogens is 453 g/mol. The summed E-state index contributed by atoms with van der Waals surface area (Å²) >= 11 is 0. The minimum Gasteiger partial charge on any atom is -0.676 e. The van der Waals surface area contributed by atoms with E-state index in [1.54, 1.807) is 0 Å². The Labute approximate surface area is 195 Å². The molecule has 4 unspecified atom stereocenters. The molecule has 174 valence electrons. The minimum atomic E-state index is 0. The molecule has 0 aliphatic rings. The van der Waals surface area contributed by atoms with Crippen molar-refractivity contribution in [3.05, 3.63) is 21.3 Å². The van der Waals surface area contributed by atoms with Crippen LogP contribution in [0.5, 0.6) is 0 Å². The van der Waals surface area contributed by atoms with E-state index in [9.17, 15) is 0 Å². The van der Waals surface area contributed by atoms with Crippen LogP contribution < -0.4 is 0 Å². The zero-order valence-corrected chi connectivity index (χ0v) is 22.6. The Morgan fingerprint density at radius 2 is 0.828 bits per heavy atom. The van der Waals surface area contributed by atoms with E-state index in [4.69, 9.17) is 9.59 Å². The van der Waals surface area contributed by atoms with Crippen molar-refractivity contribution in [1.29, 1.82) is 0 Å². The predicted octanol–water partition coefficient (Wildman–Crippen LogP) is 6.80. The van der Waals surface area contributed by atoms with Crippen molar-refractivity contribution in [2.45, 2.75) is 131 Å². The summed E-state index contributed by atoms with van der Waals surface area (Å²) in [4.78, 5) is 15.5. The third-order valence-electron chi connectivity index (χ3n) is 3.27. The summed E-state index contributed by atoms with van der Waals surface area (Å²) in [6.07, 6.45) is 2.48. The molecule has 0 aromatic rings. The van der Waals surface area contributed by atoms with Gasteiger partial charge >= 0.3 is 19.5 Å². The molecule has 0 N–H and O–H groups in total. The summed E-state index contributed by atoms with van der Waals surface area (Å²) in [5.41, 5.74) is 0.0761. The number of hydrogen-bond acceptors (Lipinski definition) is 2. The maximum absolute atomic E-state index is 7.75. The third-order valence-corrected chi connectivity index (χ3v) is 3.27. The largest absolute Gasteiger partial charge is 6.00 e. The Kier molecular flexibility index (Phi) is 30.5. The SMILES string of the molecule is CCC(C)[N-]C(C)[N-]C(C)(C)C.CCC(C)[N-]C(C)[N-]C(C)(C)C.[CH-]=O.[CH-]=O.[Ru+6]. The smallest absolute Gasteiger partial charge is 0.676 e. The molecular formula is C22H46N4O2Ru. The molecule has 0 saturated carbocycles. The third kappa shape index (κ3) is 38.9. The second kappa shape index (κ2) is 22.5. The maximum atomic E-state index is 7.75. The molecule has 7 heteroatoms. The zero-order valence-electron chi connectivity index (χ0n) is 20.8. The number of carbonyl (C=O) groups excluding carboxylic acids is 2. The summed E-state index contributed by atoms with van der Waals surface area (Å²) in [5, 5.41) is 18.1. The van der Waals surface area contributed by atoms with Crippen molar-refractivity contribution < 1.29 is 29.1 Å². The van der Waals surface area contributed by atoms with Crippen LogP contribution in [0.1, 0.15) is 95.9 Å². The van der Waals surface area contributed by atoms with Crippen LogP contribution in [0.25, 0.3) is 21.3 Å². The molecule has 0 rings (SSSR count). The minimum absolute atomic E-state index is 0. The quantitative estimate of drug-likeness (QED) is 0.209. The maximum Gasteiger partial charge on any atom is 6.00 e. The first kappa shape index (κ1) is 39.3. The van der Waals surface area contributed by atoms with Crippen LogP contribution in [0, 0.1) is 0 Å². The van der Waals surface area contributed by atoms with Crippen molar-refractivity contribution in [3.8, 4) is 0 Å². The van der Waals surface area contributed by atoms with Crippen LogP contribution in [0.4, 0.5) is 0 Å². The van der Waals surface area contributed by atoms with Gasteiger partial charge in [-0.1, -0.05) is 82.1 Å². The Bertz CT molecular complexity index is 302. The molecule has 6 nitrogen and oxygen atoms in total. The summed E-state index contributed by atoms with van der Waals surface area (Å²) < 4.78 is 0. The topological polar surface area (TPSA) is 90.5 Å². The second-order valence-corrected chi connectivity index (χ2v) is 8.68. The van der Waals surface area contributed by atoms with Gasteiger partial charge in [-0.25, -0.2) is 12.3 Å². The Hall–Kier alpha value is -0.197. The van der Waals surface area contributed by atoms with Gasteiger partial charge in [-0.3, -0.25) is 13.6 Å². The molecule has 29 heavy (non-hydrogen) atoms. The molecule has 0 bridgehead atoms. The molecule has 4 atom stereocenters. The monoisotopic (exact) mass is 500 g/mol. The van der Waals surface area contributed by atoms with Crippen molar-refractivity contribution in [2.24, 2.45) is 0 Å². The van der Waals surface area contributed by atoms with Crippen LogP contribution in [0.3, 0.4) is 0 Å². The number of hydrogen-bond donors (Lipinski definition) is 0. The molecule has 0 aliphatic heterocycles. The van der Waals surface area contributed by atoms with Crippen molar-refractivity contribution in [1.82, 2.24) is 0 Å². The van der Waals surface area contributed by atoms with Gasteiger partial charge in [0.25, 0.3) is 0 Å². The van der Waals surface area contributed by atoms with E-state index in [-0.39, 0.29) is 42.9 Å². The molecule has 0 saturated heterocycles. The van der Waals surface area contributed by atoms with Gasteiger partial charge in [0, 0.05) is 0 Å². The van der Waals surface area contributed by atoms with Gasteiger partial charge in [0.15, 0.2) is 0 Å². The molecule has 0 fully saturated rings. The van der Waals surface area contributed by atoms with Crippen LogP contribution in [-0.4, -0.2) is 49.1 Å². The van der Waals surface area contributed by atoms with Gasteiger partial charge < -0.3 is 30.9 Å². The van der Waals surface area contributed by atoms with Gasteiger partial charge in [0.05, 0.1) is 0 Å². The van der Waals surface area contributed by atoms with Gasteiger partial charge in [-0.05, 0) is 0 Å². The van der Waals surface area contributed by atoms with Gasteiger partial charge in [-0.2, -0.15) is 0 Å². The Balaban J connectivity index is -0.000000109. The number of rotatable bonds is 8. The number of nitrogens with zero attached hydrogens (tertiary/aromatic N) is 4. The predicted molar refractivity (Wildman–Crippen MR) is 125 cm³/mol. The van der Waals surface area contributed by atoms with Gasteiger partial charge in [0.2, 0.25) is 0 Å². The Morgan fingerprint density at radius 1 is 0.621 bits per heavy atom. The molecule has 0 aliphatic carbocycles. The first-order chi connectivity index (χ1) is 12.7. The van der Waals surface area contributed by atoms with Gasteiger partial charge in [-0.15, -0.1) is 37.0 Å². The summed E-state index contributed by atoms with van der Waals surface area (Å²) in [6.45, 7) is 31.8. The molecule has 0 spiro atoms. The molecule has 0 amide bonds. The average molecular weight is 500 g/mol. The molecule has 0 aromatic heterocycles. The van der Waals surface area contributed by atoms with E-state index in [1.165, 1.54) is 0 Å². The van der Waals surface area contributed by atoms with E-state index in [0.29, 0.717) is 12.1 Å².